The third-order valence-corrected chi connectivity index (χ3v) is 5.27. The van der Waals surface area contributed by atoms with Crippen LogP contribution in [0.3, 0.4) is 0 Å². The Morgan fingerprint density at radius 1 is 1.36 bits per heavy atom. The van der Waals surface area contributed by atoms with Gasteiger partial charge in [0.1, 0.15) is 5.60 Å². The van der Waals surface area contributed by atoms with Crippen molar-refractivity contribution in [3.8, 4) is 0 Å². The van der Waals surface area contributed by atoms with Crippen molar-refractivity contribution < 1.29 is 4.74 Å². The molecule has 2 aromatic rings. The minimum absolute atomic E-state index is 0.139. The van der Waals surface area contributed by atoms with Crippen LogP contribution in [0.5, 0.6) is 0 Å². The molecule has 1 aromatic carbocycles. The average Bonchev–Trinajstić information content (AvgIpc) is 3.04. The molecule has 116 valence electrons. The first-order chi connectivity index (χ1) is 10.7. The number of aryl methyl sites for hydroxylation is 2. The first kappa shape index (κ1) is 14.2. The fourth-order valence-electron chi connectivity index (χ4n) is 3.78. The molecule has 1 aliphatic carbocycles. The first-order valence-electron chi connectivity index (χ1n) is 7.79. The van der Waals surface area contributed by atoms with E-state index in [0.29, 0.717) is 0 Å². The standard InChI is InChI=1S/C17H20ClN3O/c1-20-16(15(18)10-19-20)11-21-8-9-22-17(12-21)7-6-13-4-2-3-5-14(13)17/h2-5,10H,6-9,11-12H2,1H3/t17-/m1/s1. The summed E-state index contributed by atoms with van der Waals surface area (Å²) in [5.74, 6) is 0. The molecule has 1 saturated heterocycles. The van der Waals surface area contributed by atoms with Gasteiger partial charge in [-0.15, -0.1) is 0 Å². The normalized spacial score (nSPS) is 24.8. The largest absolute Gasteiger partial charge is 0.368 e. The van der Waals surface area contributed by atoms with Gasteiger partial charge >= 0.3 is 0 Å². The van der Waals surface area contributed by atoms with Gasteiger partial charge in [-0.2, -0.15) is 5.10 Å². The molecule has 0 unspecified atom stereocenters. The topological polar surface area (TPSA) is 30.3 Å². The molecule has 22 heavy (non-hydrogen) atoms. The Hall–Kier alpha value is -1.36. The summed E-state index contributed by atoms with van der Waals surface area (Å²) in [5, 5.41) is 4.98. The van der Waals surface area contributed by atoms with Gasteiger partial charge in [0.2, 0.25) is 0 Å². The fraction of sp³-hybridized carbons (Fsp3) is 0.471. The number of rotatable bonds is 2. The van der Waals surface area contributed by atoms with E-state index in [9.17, 15) is 0 Å². The number of halogens is 1. The monoisotopic (exact) mass is 317 g/mol. The maximum Gasteiger partial charge on any atom is 0.106 e. The summed E-state index contributed by atoms with van der Waals surface area (Å²) in [7, 11) is 1.95. The zero-order valence-electron chi connectivity index (χ0n) is 12.8. The van der Waals surface area contributed by atoms with Crippen LogP contribution in [0.15, 0.2) is 30.5 Å². The summed E-state index contributed by atoms with van der Waals surface area (Å²) in [5.41, 5.74) is 3.74. The number of benzene rings is 1. The molecular formula is C17H20ClN3O. The fourth-order valence-corrected chi connectivity index (χ4v) is 4.01. The van der Waals surface area contributed by atoms with E-state index in [1.54, 1.807) is 6.20 Å². The summed E-state index contributed by atoms with van der Waals surface area (Å²) in [4.78, 5) is 2.44. The molecule has 0 saturated carbocycles. The molecule has 1 atom stereocenters. The average molecular weight is 318 g/mol. The smallest absolute Gasteiger partial charge is 0.106 e. The lowest BCUT2D eigenvalue weighted by atomic mass is 9.93. The summed E-state index contributed by atoms with van der Waals surface area (Å²) < 4.78 is 8.13. The van der Waals surface area contributed by atoms with Crippen molar-refractivity contribution in [1.82, 2.24) is 14.7 Å². The number of hydrogen-bond donors (Lipinski definition) is 0. The maximum absolute atomic E-state index is 6.27. The van der Waals surface area contributed by atoms with Crippen LogP contribution in [-0.2, 0) is 30.4 Å². The number of nitrogens with zero attached hydrogens (tertiary/aromatic N) is 3. The molecule has 4 rings (SSSR count). The molecule has 2 aliphatic rings. The van der Waals surface area contributed by atoms with Crippen LogP contribution in [0.2, 0.25) is 5.02 Å². The molecule has 1 spiro atoms. The Morgan fingerprint density at radius 2 is 2.23 bits per heavy atom. The SMILES string of the molecule is Cn1ncc(Cl)c1CN1CCO[C@]2(CCc3ccccc32)C1. The molecule has 0 amide bonds. The summed E-state index contributed by atoms with van der Waals surface area (Å²) >= 11 is 6.26. The van der Waals surface area contributed by atoms with Crippen molar-refractivity contribution in [2.75, 3.05) is 19.7 Å². The molecule has 4 nitrogen and oxygen atoms in total. The Bertz CT molecular complexity index is 675. The third-order valence-electron chi connectivity index (χ3n) is 4.96. The van der Waals surface area contributed by atoms with E-state index in [2.05, 4.69) is 34.3 Å². The van der Waals surface area contributed by atoms with E-state index >= 15 is 0 Å². The highest BCUT2D eigenvalue weighted by molar-refractivity contribution is 6.31. The maximum atomic E-state index is 6.27. The Kier molecular flexibility index (Phi) is 3.48. The molecule has 0 bridgehead atoms. The highest BCUT2D eigenvalue weighted by atomic mass is 35.5. The minimum atomic E-state index is -0.139. The van der Waals surface area contributed by atoms with Gasteiger partial charge in [0, 0.05) is 26.7 Å². The lowest BCUT2D eigenvalue weighted by molar-refractivity contribution is -0.116. The van der Waals surface area contributed by atoms with Crippen molar-refractivity contribution >= 4 is 11.6 Å². The number of hydrogen-bond acceptors (Lipinski definition) is 3. The second-order valence-electron chi connectivity index (χ2n) is 6.27. The predicted octanol–water partition coefficient (Wildman–Crippen LogP) is 2.75. The van der Waals surface area contributed by atoms with Crippen molar-refractivity contribution in [2.45, 2.75) is 25.0 Å². The number of morpholine rings is 1. The summed E-state index contributed by atoms with van der Waals surface area (Å²) in [6.07, 6.45) is 3.90. The Balaban J connectivity index is 1.58. The molecule has 1 aliphatic heterocycles. The Labute approximate surface area is 135 Å². The molecule has 1 aromatic heterocycles. The molecule has 2 heterocycles. The van der Waals surface area contributed by atoms with Gasteiger partial charge in [0.05, 0.1) is 23.5 Å². The van der Waals surface area contributed by atoms with Crippen LogP contribution in [0, 0.1) is 0 Å². The van der Waals surface area contributed by atoms with Gasteiger partial charge in [-0.05, 0) is 24.0 Å². The van der Waals surface area contributed by atoms with E-state index in [4.69, 9.17) is 16.3 Å². The van der Waals surface area contributed by atoms with Crippen LogP contribution in [-0.4, -0.2) is 34.4 Å². The molecular weight excluding hydrogens is 298 g/mol. The van der Waals surface area contributed by atoms with E-state index in [0.717, 1.165) is 49.8 Å². The number of aromatic nitrogens is 2. The summed E-state index contributed by atoms with van der Waals surface area (Å²) in [6.45, 7) is 3.45. The zero-order chi connectivity index (χ0) is 15.2. The molecule has 0 N–H and O–H groups in total. The van der Waals surface area contributed by atoms with E-state index in [-0.39, 0.29) is 5.60 Å². The number of fused-ring (bicyclic) bond motifs is 2. The second kappa shape index (κ2) is 5.37. The van der Waals surface area contributed by atoms with Crippen LogP contribution < -0.4 is 0 Å². The van der Waals surface area contributed by atoms with Gasteiger partial charge in [0.15, 0.2) is 0 Å². The van der Waals surface area contributed by atoms with E-state index in [1.807, 2.05) is 11.7 Å². The van der Waals surface area contributed by atoms with Gasteiger partial charge < -0.3 is 4.74 Å². The van der Waals surface area contributed by atoms with Crippen LogP contribution in [0.4, 0.5) is 0 Å². The van der Waals surface area contributed by atoms with Crippen LogP contribution >= 0.6 is 11.6 Å². The second-order valence-corrected chi connectivity index (χ2v) is 6.68. The van der Waals surface area contributed by atoms with Crippen LogP contribution in [0.25, 0.3) is 0 Å². The third kappa shape index (κ3) is 2.26. The lowest BCUT2D eigenvalue weighted by Crippen LogP contribution is -2.48. The van der Waals surface area contributed by atoms with Crippen LogP contribution in [0.1, 0.15) is 23.2 Å². The van der Waals surface area contributed by atoms with Crippen molar-refractivity contribution in [3.63, 3.8) is 0 Å². The van der Waals surface area contributed by atoms with E-state index < -0.39 is 0 Å². The van der Waals surface area contributed by atoms with Gasteiger partial charge in [-0.1, -0.05) is 35.9 Å². The van der Waals surface area contributed by atoms with Crippen molar-refractivity contribution in [2.24, 2.45) is 7.05 Å². The van der Waals surface area contributed by atoms with Crippen molar-refractivity contribution in [3.05, 3.63) is 52.3 Å². The minimum Gasteiger partial charge on any atom is -0.368 e. The van der Waals surface area contributed by atoms with E-state index in [1.165, 1.54) is 11.1 Å². The first-order valence-corrected chi connectivity index (χ1v) is 8.17. The lowest BCUT2D eigenvalue weighted by Gasteiger charge is -2.41. The molecule has 5 heteroatoms. The van der Waals surface area contributed by atoms with Crippen molar-refractivity contribution in [1.29, 1.82) is 0 Å². The highest BCUT2D eigenvalue weighted by Gasteiger charge is 2.43. The molecule has 1 fully saturated rings. The van der Waals surface area contributed by atoms with Gasteiger partial charge in [-0.3, -0.25) is 9.58 Å². The van der Waals surface area contributed by atoms with Gasteiger partial charge in [0.25, 0.3) is 0 Å². The quantitative estimate of drug-likeness (QED) is 0.853. The molecule has 0 radical (unpaired) electrons. The Morgan fingerprint density at radius 3 is 3.05 bits per heavy atom. The summed E-state index contributed by atoms with van der Waals surface area (Å²) in [6, 6.07) is 8.69. The van der Waals surface area contributed by atoms with Gasteiger partial charge in [-0.25, -0.2) is 0 Å². The zero-order valence-corrected chi connectivity index (χ0v) is 13.5. The highest BCUT2D eigenvalue weighted by Crippen LogP contribution is 2.42. The number of ether oxygens (including phenoxy) is 1. The predicted molar refractivity (Wildman–Crippen MR) is 85.9 cm³/mol.